The molecule has 2 aliphatic heterocycles. The first-order chi connectivity index (χ1) is 13.1. The largest absolute Gasteiger partial charge is 0.481 e. The van der Waals surface area contributed by atoms with E-state index in [0.717, 1.165) is 36.5 Å². The molecule has 0 saturated carbocycles. The molecule has 0 bridgehead atoms. The number of nitrogens with one attached hydrogen (secondary N) is 1. The van der Waals surface area contributed by atoms with Crippen LogP contribution < -0.4 is 10.1 Å². The van der Waals surface area contributed by atoms with Crippen molar-refractivity contribution in [2.75, 3.05) is 13.1 Å². The molecule has 1 aromatic heterocycles. The van der Waals surface area contributed by atoms with E-state index in [1.807, 2.05) is 6.20 Å². The van der Waals surface area contributed by atoms with Gasteiger partial charge in [0.15, 0.2) is 6.10 Å². The monoisotopic (exact) mass is 370 g/mol. The van der Waals surface area contributed by atoms with Crippen LogP contribution in [-0.4, -0.2) is 40.0 Å². The summed E-state index contributed by atoms with van der Waals surface area (Å²) in [6, 6.07) is 5.93. The number of fused-ring (bicyclic) bond motifs is 1. The molecule has 1 N–H and O–H groups in total. The molecule has 0 spiro atoms. The maximum atomic E-state index is 13.0. The van der Waals surface area contributed by atoms with Crippen LogP contribution in [0.4, 0.5) is 4.39 Å². The SMILES string of the molecule is C[C@@H](Oc1ccc(F)cc1)C(=O)N1CCc2nc([C@H]3CCCN3)ncc2C1. The van der Waals surface area contributed by atoms with Crippen LogP contribution >= 0.6 is 0 Å². The van der Waals surface area contributed by atoms with Crippen LogP contribution in [0.2, 0.25) is 0 Å². The Bertz CT molecular complexity index is 821. The maximum absolute atomic E-state index is 13.0. The third-order valence-electron chi connectivity index (χ3n) is 5.11. The Hall–Kier alpha value is -2.54. The highest BCUT2D eigenvalue weighted by Crippen LogP contribution is 2.24. The predicted molar refractivity (Wildman–Crippen MR) is 97.6 cm³/mol. The highest BCUT2D eigenvalue weighted by molar-refractivity contribution is 5.81. The molecule has 7 heteroatoms. The number of carbonyl (C=O) groups is 1. The van der Waals surface area contributed by atoms with E-state index in [2.05, 4.69) is 10.3 Å². The normalized spacial score (nSPS) is 20.2. The number of ether oxygens (including phenoxy) is 1. The lowest BCUT2D eigenvalue weighted by molar-refractivity contribution is -0.138. The number of nitrogens with zero attached hydrogens (tertiary/aromatic N) is 3. The molecule has 0 radical (unpaired) electrons. The molecule has 1 amide bonds. The van der Waals surface area contributed by atoms with Crippen molar-refractivity contribution in [3.05, 3.63) is 53.4 Å². The lowest BCUT2D eigenvalue weighted by Gasteiger charge is -2.30. The van der Waals surface area contributed by atoms with Crippen molar-refractivity contribution in [1.82, 2.24) is 20.2 Å². The van der Waals surface area contributed by atoms with Gasteiger partial charge in [0.1, 0.15) is 17.4 Å². The van der Waals surface area contributed by atoms with E-state index in [1.165, 1.54) is 24.3 Å². The predicted octanol–water partition coefficient (Wildman–Crippen LogP) is 2.39. The van der Waals surface area contributed by atoms with Crippen LogP contribution in [0.1, 0.15) is 42.9 Å². The van der Waals surface area contributed by atoms with E-state index < -0.39 is 6.10 Å². The van der Waals surface area contributed by atoms with Crippen molar-refractivity contribution in [3.8, 4) is 5.75 Å². The summed E-state index contributed by atoms with van der Waals surface area (Å²) in [5.41, 5.74) is 2.02. The number of aromatic nitrogens is 2. The van der Waals surface area contributed by atoms with Gasteiger partial charge in [-0.1, -0.05) is 0 Å². The molecule has 2 aromatic rings. The number of hydrogen-bond donors (Lipinski definition) is 1. The van der Waals surface area contributed by atoms with Gasteiger partial charge in [0.2, 0.25) is 0 Å². The summed E-state index contributed by atoms with van der Waals surface area (Å²) >= 11 is 0. The quantitative estimate of drug-likeness (QED) is 0.895. The van der Waals surface area contributed by atoms with Gasteiger partial charge < -0.3 is 15.0 Å². The second kappa shape index (κ2) is 7.60. The Balaban J connectivity index is 1.40. The molecule has 3 heterocycles. The first kappa shape index (κ1) is 17.9. The highest BCUT2D eigenvalue weighted by Gasteiger charge is 2.28. The van der Waals surface area contributed by atoms with Gasteiger partial charge in [0.05, 0.1) is 11.7 Å². The second-order valence-electron chi connectivity index (χ2n) is 7.07. The lowest BCUT2D eigenvalue weighted by atomic mass is 10.1. The van der Waals surface area contributed by atoms with Gasteiger partial charge in [0, 0.05) is 31.3 Å². The molecule has 6 nitrogen and oxygen atoms in total. The number of amides is 1. The topological polar surface area (TPSA) is 67.3 Å². The van der Waals surface area contributed by atoms with Crippen LogP contribution in [-0.2, 0) is 17.8 Å². The van der Waals surface area contributed by atoms with E-state index in [0.29, 0.717) is 25.3 Å². The third-order valence-corrected chi connectivity index (χ3v) is 5.11. The Morgan fingerprint density at radius 1 is 1.37 bits per heavy atom. The lowest BCUT2D eigenvalue weighted by Crippen LogP contribution is -2.43. The van der Waals surface area contributed by atoms with Gasteiger partial charge in [-0.25, -0.2) is 14.4 Å². The van der Waals surface area contributed by atoms with E-state index in [4.69, 9.17) is 9.72 Å². The fourth-order valence-corrected chi connectivity index (χ4v) is 3.62. The summed E-state index contributed by atoms with van der Waals surface area (Å²) in [4.78, 5) is 23.7. The highest BCUT2D eigenvalue weighted by atomic mass is 19.1. The number of carbonyl (C=O) groups excluding carboxylic acids is 1. The minimum absolute atomic E-state index is 0.0912. The van der Waals surface area contributed by atoms with Gasteiger partial charge >= 0.3 is 0 Å². The Labute approximate surface area is 157 Å². The molecule has 0 unspecified atom stereocenters. The summed E-state index contributed by atoms with van der Waals surface area (Å²) in [7, 11) is 0. The zero-order valence-electron chi connectivity index (χ0n) is 15.3. The summed E-state index contributed by atoms with van der Waals surface area (Å²) in [5.74, 6) is 0.915. The first-order valence-electron chi connectivity index (χ1n) is 9.39. The minimum Gasteiger partial charge on any atom is -0.481 e. The second-order valence-corrected chi connectivity index (χ2v) is 7.07. The summed E-state index contributed by atoms with van der Waals surface area (Å²) in [5, 5.41) is 3.42. The molecular weight excluding hydrogens is 347 g/mol. The Morgan fingerprint density at radius 2 is 2.19 bits per heavy atom. The fourth-order valence-electron chi connectivity index (χ4n) is 3.62. The smallest absolute Gasteiger partial charge is 0.263 e. The van der Waals surface area contributed by atoms with E-state index in [9.17, 15) is 9.18 Å². The molecule has 2 aliphatic rings. The van der Waals surface area contributed by atoms with E-state index in [-0.39, 0.29) is 17.8 Å². The van der Waals surface area contributed by atoms with Crippen LogP contribution in [0.3, 0.4) is 0 Å². The fraction of sp³-hybridized carbons (Fsp3) is 0.450. The van der Waals surface area contributed by atoms with Crippen molar-refractivity contribution < 1.29 is 13.9 Å². The van der Waals surface area contributed by atoms with Crippen molar-refractivity contribution in [2.45, 2.75) is 44.9 Å². The maximum Gasteiger partial charge on any atom is 0.263 e. The number of hydrogen-bond acceptors (Lipinski definition) is 5. The third kappa shape index (κ3) is 3.93. The molecule has 1 fully saturated rings. The van der Waals surface area contributed by atoms with E-state index >= 15 is 0 Å². The Morgan fingerprint density at radius 3 is 2.93 bits per heavy atom. The molecule has 4 rings (SSSR count). The van der Waals surface area contributed by atoms with Crippen LogP contribution in [0.15, 0.2) is 30.5 Å². The average molecular weight is 370 g/mol. The summed E-state index contributed by atoms with van der Waals surface area (Å²) < 4.78 is 18.7. The van der Waals surface area contributed by atoms with Gasteiger partial charge in [-0.2, -0.15) is 0 Å². The molecule has 27 heavy (non-hydrogen) atoms. The summed E-state index contributed by atoms with van der Waals surface area (Å²) in [6.07, 6.45) is 4.15. The van der Waals surface area contributed by atoms with Crippen molar-refractivity contribution >= 4 is 5.91 Å². The molecular formula is C20H23FN4O2. The first-order valence-corrected chi connectivity index (χ1v) is 9.39. The minimum atomic E-state index is -0.639. The van der Waals surface area contributed by atoms with Crippen LogP contribution in [0.5, 0.6) is 5.75 Å². The molecule has 2 atom stereocenters. The van der Waals surface area contributed by atoms with Crippen LogP contribution in [0.25, 0.3) is 0 Å². The van der Waals surface area contributed by atoms with Gasteiger partial charge in [-0.15, -0.1) is 0 Å². The molecule has 1 aromatic carbocycles. The molecule has 142 valence electrons. The number of benzene rings is 1. The summed E-state index contributed by atoms with van der Waals surface area (Å²) in [6.45, 7) is 3.83. The average Bonchev–Trinajstić information content (AvgIpc) is 3.23. The van der Waals surface area contributed by atoms with Gasteiger partial charge in [-0.3, -0.25) is 4.79 Å². The van der Waals surface area contributed by atoms with E-state index in [1.54, 1.807) is 11.8 Å². The van der Waals surface area contributed by atoms with Gasteiger partial charge in [-0.05, 0) is 50.6 Å². The zero-order chi connectivity index (χ0) is 18.8. The Kier molecular flexibility index (Phi) is 5.03. The van der Waals surface area contributed by atoms with Crippen molar-refractivity contribution in [1.29, 1.82) is 0 Å². The number of halogens is 1. The zero-order valence-corrected chi connectivity index (χ0v) is 15.3. The molecule has 0 aliphatic carbocycles. The standard InChI is InChI=1S/C20H23FN4O2/c1-13(27-16-6-4-15(21)5-7-16)20(26)25-10-8-17-14(12-25)11-23-19(24-17)18-3-2-9-22-18/h4-7,11,13,18,22H,2-3,8-10,12H2,1H3/t13-,18-/m1/s1. The number of rotatable bonds is 4. The van der Waals surface area contributed by atoms with Crippen LogP contribution in [0, 0.1) is 5.82 Å². The van der Waals surface area contributed by atoms with Crippen molar-refractivity contribution in [2.24, 2.45) is 0 Å². The molecule has 1 saturated heterocycles. The van der Waals surface area contributed by atoms with Gasteiger partial charge in [0.25, 0.3) is 5.91 Å². The van der Waals surface area contributed by atoms with Crippen molar-refractivity contribution in [3.63, 3.8) is 0 Å².